The van der Waals surface area contributed by atoms with Gasteiger partial charge in [0.25, 0.3) is 5.91 Å². The van der Waals surface area contributed by atoms with Crippen molar-refractivity contribution in [1.82, 2.24) is 5.43 Å². The van der Waals surface area contributed by atoms with E-state index in [1.807, 2.05) is 0 Å². The first kappa shape index (κ1) is 17.5. The average Bonchev–Trinajstić information content (AvgIpc) is 3.03. The SMILES string of the molecule is O=C(NN=Cc1ccc(-c2ccc(Cl)cc2Cl)o1)c1cccc(Cl)c1. The quantitative estimate of drug-likeness (QED) is 0.458. The van der Waals surface area contributed by atoms with Gasteiger partial charge in [0.15, 0.2) is 0 Å². The number of furan rings is 1. The van der Waals surface area contributed by atoms with Crippen molar-refractivity contribution in [3.8, 4) is 11.3 Å². The van der Waals surface area contributed by atoms with E-state index in [9.17, 15) is 4.79 Å². The van der Waals surface area contributed by atoms with Crippen molar-refractivity contribution >= 4 is 46.9 Å². The molecule has 0 unspecified atom stereocenters. The van der Waals surface area contributed by atoms with Gasteiger partial charge >= 0.3 is 0 Å². The van der Waals surface area contributed by atoms with E-state index in [1.54, 1.807) is 54.6 Å². The van der Waals surface area contributed by atoms with Crippen LogP contribution < -0.4 is 5.43 Å². The van der Waals surface area contributed by atoms with Crippen LogP contribution in [0.2, 0.25) is 15.1 Å². The molecule has 4 nitrogen and oxygen atoms in total. The van der Waals surface area contributed by atoms with E-state index < -0.39 is 0 Å². The Balaban J connectivity index is 1.69. The highest BCUT2D eigenvalue weighted by Gasteiger charge is 2.09. The van der Waals surface area contributed by atoms with Gasteiger partial charge in [-0.15, -0.1) is 0 Å². The molecular formula is C18H11Cl3N2O2. The van der Waals surface area contributed by atoms with Crippen LogP contribution in [0.1, 0.15) is 16.1 Å². The summed E-state index contributed by atoms with van der Waals surface area (Å²) in [7, 11) is 0. The predicted molar refractivity (Wildman–Crippen MR) is 101 cm³/mol. The number of hydrogen-bond donors (Lipinski definition) is 1. The van der Waals surface area contributed by atoms with Crippen LogP contribution in [-0.4, -0.2) is 12.1 Å². The molecule has 0 bridgehead atoms. The number of amides is 1. The minimum Gasteiger partial charge on any atom is -0.455 e. The molecule has 1 aromatic heterocycles. The Kier molecular flexibility index (Phi) is 5.43. The first-order valence-electron chi connectivity index (χ1n) is 7.17. The van der Waals surface area contributed by atoms with Gasteiger partial charge in [0.2, 0.25) is 0 Å². The van der Waals surface area contributed by atoms with Crippen LogP contribution in [0.5, 0.6) is 0 Å². The summed E-state index contributed by atoms with van der Waals surface area (Å²) in [4.78, 5) is 11.9. The van der Waals surface area contributed by atoms with Crippen LogP contribution in [0.3, 0.4) is 0 Å². The average molecular weight is 394 g/mol. The second-order valence-electron chi connectivity index (χ2n) is 5.04. The molecule has 3 rings (SSSR count). The molecule has 1 amide bonds. The van der Waals surface area contributed by atoms with E-state index >= 15 is 0 Å². The van der Waals surface area contributed by atoms with Gasteiger partial charge in [0, 0.05) is 21.2 Å². The largest absolute Gasteiger partial charge is 0.455 e. The number of nitrogens with zero attached hydrogens (tertiary/aromatic N) is 1. The van der Waals surface area contributed by atoms with Crippen molar-refractivity contribution in [3.63, 3.8) is 0 Å². The second-order valence-corrected chi connectivity index (χ2v) is 6.32. The standard InChI is InChI=1S/C18H11Cl3N2O2/c19-12-3-1-2-11(8-12)18(24)23-22-10-14-5-7-17(25-14)15-6-4-13(20)9-16(15)21/h1-10H,(H,23,24). The second kappa shape index (κ2) is 7.74. The lowest BCUT2D eigenvalue weighted by Crippen LogP contribution is -2.17. The molecule has 0 fully saturated rings. The third-order valence-electron chi connectivity index (χ3n) is 3.27. The Bertz CT molecular complexity index is 951. The number of hydrazone groups is 1. The van der Waals surface area contributed by atoms with Gasteiger partial charge in [-0.25, -0.2) is 5.43 Å². The van der Waals surface area contributed by atoms with Gasteiger partial charge in [-0.3, -0.25) is 4.79 Å². The molecule has 0 spiro atoms. The molecule has 0 aliphatic heterocycles. The van der Waals surface area contributed by atoms with E-state index in [4.69, 9.17) is 39.2 Å². The molecule has 1 heterocycles. The van der Waals surface area contributed by atoms with Gasteiger partial charge in [0.1, 0.15) is 11.5 Å². The summed E-state index contributed by atoms with van der Waals surface area (Å²) in [6, 6.07) is 15.2. The highest BCUT2D eigenvalue weighted by molar-refractivity contribution is 6.36. The van der Waals surface area contributed by atoms with Crippen molar-refractivity contribution < 1.29 is 9.21 Å². The molecule has 0 aliphatic rings. The van der Waals surface area contributed by atoms with Crippen molar-refractivity contribution in [2.75, 3.05) is 0 Å². The van der Waals surface area contributed by atoms with Crippen molar-refractivity contribution in [2.45, 2.75) is 0 Å². The van der Waals surface area contributed by atoms with Crippen molar-refractivity contribution in [3.05, 3.63) is 81.0 Å². The molecule has 25 heavy (non-hydrogen) atoms. The zero-order valence-corrected chi connectivity index (χ0v) is 14.9. The van der Waals surface area contributed by atoms with E-state index in [-0.39, 0.29) is 5.91 Å². The Labute approximate surface area is 159 Å². The summed E-state index contributed by atoms with van der Waals surface area (Å²) < 4.78 is 5.65. The number of rotatable bonds is 4. The number of carbonyl (C=O) groups is 1. The summed E-state index contributed by atoms with van der Waals surface area (Å²) in [5, 5.41) is 5.39. The number of halogens is 3. The molecule has 126 valence electrons. The van der Waals surface area contributed by atoms with Crippen molar-refractivity contribution in [2.24, 2.45) is 5.10 Å². The van der Waals surface area contributed by atoms with Gasteiger partial charge < -0.3 is 4.42 Å². The molecule has 0 atom stereocenters. The lowest BCUT2D eigenvalue weighted by Gasteiger charge is -2.01. The molecule has 0 saturated heterocycles. The maximum Gasteiger partial charge on any atom is 0.271 e. The van der Waals surface area contributed by atoms with Gasteiger partial charge in [-0.1, -0.05) is 40.9 Å². The highest BCUT2D eigenvalue weighted by Crippen LogP contribution is 2.31. The number of carbonyl (C=O) groups excluding carboxylic acids is 1. The molecule has 0 radical (unpaired) electrons. The Morgan fingerprint density at radius 3 is 2.56 bits per heavy atom. The fourth-order valence-electron chi connectivity index (χ4n) is 2.11. The van der Waals surface area contributed by atoms with E-state index in [2.05, 4.69) is 10.5 Å². The number of nitrogens with one attached hydrogen (secondary N) is 1. The Hall–Kier alpha value is -2.27. The van der Waals surface area contributed by atoms with E-state index in [0.717, 1.165) is 0 Å². The normalized spacial score (nSPS) is 11.0. The molecular weight excluding hydrogens is 383 g/mol. The summed E-state index contributed by atoms with van der Waals surface area (Å²) in [6.07, 6.45) is 1.40. The fourth-order valence-corrected chi connectivity index (χ4v) is 2.80. The Morgan fingerprint density at radius 1 is 1.00 bits per heavy atom. The van der Waals surface area contributed by atoms with Gasteiger partial charge in [0.05, 0.1) is 11.2 Å². The van der Waals surface area contributed by atoms with E-state index in [1.165, 1.54) is 6.21 Å². The van der Waals surface area contributed by atoms with Gasteiger partial charge in [-0.2, -0.15) is 5.10 Å². The first-order valence-corrected chi connectivity index (χ1v) is 8.30. The summed E-state index contributed by atoms with van der Waals surface area (Å²) in [5.41, 5.74) is 3.54. The lowest BCUT2D eigenvalue weighted by molar-refractivity contribution is 0.0955. The van der Waals surface area contributed by atoms with Crippen LogP contribution in [0.25, 0.3) is 11.3 Å². The maximum atomic E-state index is 11.9. The van der Waals surface area contributed by atoms with Crippen LogP contribution in [-0.2, 0) is 0 Å². The Morgan fingerprint density at radius 2 is 1.80 bits per heavy atom. The summed E-state index contributed by atoms with van der Waals surface area (Å²) in [6.45, 7) is 0. The summed E-state index contributed by atoms with van der Waals surface area (Å²) in [5.74, 6) is 0.669. The van der Waals surface area contributed by atoms with Crippen LogP contribution in [0.15, 0.2) is 64.1 Å². The topological polar surface area (TPSA) is 54.6 Å². The third-order valence-corrected chi connectivity index (χ3v) is 4.05. The van der Waals surface area contributed by atoms with E-state index in [0.29, 0.717) is 37.7 Å². The minimum absolute atomic E-state index is 0.369. The number of benzene rings is 2. The van der Waals surface area contributed by atoms with Crippen LogP contribution in [0, 0.1) is 0 Å². The summed E-state index contributed by atoms with van der Waals surface area (Å²) >= 11 is 17.9. The van der Waals surface area contributed by atoms with Crippen LogP contribution in [0.4, 0.5) is 0 Å². The molecule has 3 aromatic rings. The zero-order chi connectivity index (χ0) is 17.8. The molecule has 2 aromatic carbocycles. The third kappa shape index (κ3) is 4.42. The van der Waals surface area contributed by atoms with Crippen LogP contribution >= 0.6 is 34.8 Å². The monoisotopic (exact) mass is 392 g/mol. The van der Waals surface area contributed by atoms with Gasteiger partial charge in [-0.05, 0) is 48.5 Å². The molecule has 7 heteroatoms. The molecule has 1 N–H and O–H groups in total. The lowest BCUT2D eigenvalue weighted by atomic mass is 10.2. The minimum atomic E-state index is -0.369. The predicted octanol–water partition coefficient (Wildman–Crippen LogP) is 5.67. The smallest absolute Gasteiger partial charge is 0.271 e. The van der Waals surface area contributed by atoms with Crippen molar-refractivity contribution in [1.29, 1.82) is 0 Å². The number of hydrogen-bond acceptors (Lipinski definition) is 3. The zero-order valence-electron chi connectivity index (χ0n) is 12.7. The fraction of sp³-hybridized carbons (Fsp3) is 0. The molecule has 0 saturated carbocycles. The highest BCUT2D eigenvalue weighted by atomic mass is 35.5. The molecule has 0 aliphatic carbocycles. The maximum absolute atomic E-state index is 11.9. The first-order chi connectivity index (χ1) is 12.0.